The predicted octanol–water partition coefficient (Wildman–Crippen LogP) is 3.78. The van der Waals surface area contributed by atoms with E-state index in [0.29, 0.717) is 5.92 Å². The maximum Gasteiger partial charge on any atom is 0.573 e. The molecular weight excluding hydrogens is 243 g/mol. The van der Waals surface area contributed by atoms with Gasteiger partial charge in [-0.1, -0.05) is 25.0 Å². The largest absolute Gasteiger partial charge is 0.573 e. The van der Waals surface area contributed by atoms with E-state index in [-0.39, 0.29) is 11.8 Å². The minimum absolute atomic E-state index is 0.0903. The summed E-state index contributed by atoms with van der Waals surface area (Å²) in [4.78, 5) is 0. The van der Waals surface area contributed by atoms with E-state index in [1.54, 1.807) is 12.1 Å². The lowest BCUT2D eigenvalue weighted by atomic mass is 9.92. The first-order valence-corrected chi connectivity index (χ1v) is 6.07. The molecule has 0 heterocycles. The molecule has 0 radical (unpaired) electrons. The quantitative estimate of drug-likeness (QED) is 0.896. The van der Waals surface area contributed by atoms with Gasteiger partial charge in [0, 0.05) is 6.04 Å². The second kappa shape index (κ2) is 5.18. The molecule has 1 fully saturated rings. The Morgan fingerprint density at radius 3 is 2.17 bits per heavy atom. The molecule has 1 atom stereocenters. The summed E-state index contributed by atoms with van der Waals surface area (Å²) in [5.41, 5.74) is 6.99. The minimum atomic E-state index is -4.64. The molecule has 100 valence electrons. The third-order valence-electron chi connectivity index (χ3n) is 3.41. The molecule has 2 rings (SSSR count). The molecule has 5 heteroatoms. The van der Waals surface area contributed by atoms with Crippen molar-refractivity contribution in [2.75, 3.05) is 0 Å². The maximum absolute atomic E-state index is 12.0. The molecule has 1 aromatic rings. The van der Waals surface area contributed by atoms with E-state index in [2.05, 4.69) is 4.74 Å². The topological polar surface area (TPSA) is 35.2 Å². The van der Waals surface area contributed by atoms with Gasteiger partial charge in [-0.05, 0) is 36.5 Å². The highest BCUT2D eigenvalue weighted by Gasteiger charge is 2.31. The van der Waals surface area contributed by atoms with E-state index >= 15 is 0 Å². The Hall–Kier alpha value is -1.23. The van der Waals surface area contributed by atoms with Gasteiger partial charge < -0.3 is 10.5 Å². The summed E-state index contributed by atoms with van der Waals surface area (Å²) in [5.74, 6) is 0.240. The molecule has 2 N–H and O–H groups in total. The van der Waals surface area contributed by atoms with Gasteiger partial charge in [0.05, 0.1) is 0 Å². The molecular formula is C13H16F3NO. The first-order chi connectivity index (χ1) is 8.46. The molecule has 2 nitrogen and oxygen atoms in total. The molecule has 0 saturated heterocycles. The van der Waals surface area contributed by atoms with E-state index in [9.17, 15) is 13.2 Å². The zero-order valence-electron chi connectivity index (χ0n) is 9.91. The lowest BCUT2D eigenvalue weighted by molar-refractivity contribution is -0.274. The number of hydrogen-bond acceptors (Lipinski definition) is 2. The molecule has 1 aliphatic carbocycles. The van der Waals surface area contributed by atoms with Crippen LogP contribution in [0.25, 0.3) is 0 Å². The van der Waals surface area contributed by atoms with Gasteiger partial charge in [0.25, 0.3) is 0 Å². The summed E-state index contributed by atoms with van der Waals surface area (Å²) in [6.07, 6.45) is -0.0692. The predicted molar refractivity (Wildman–Crippen MR) is 62.0 cm³/mol. The third-order valence-corrected chi connectivity index (χ3v) is 3.41. The van der Waals surface area contributed by atoms with E-state index in [1.807, 2.05) is 0 Å². The lowest BCUT2D eigenvalue weighted by Gasteiger charge is -2.19. The standard InChI is InChI=1S/C13H16F3NO/c14-13(15,16)18-11-7-5-10(6-8-11)12(17)9-3-1-2-4-9/h5-9,12H,1-4,17H2/t12-/m0/s1. The van der Waals surface area contributed by atoms with Gasteiger partial charge >= 0.3 is 6.36 Å². The summed E-state index contributed by atoms with van der Waals surface area (Å²) in [5, 5.41) is 0. The fourth-order valence-corrected chi connectivity index (χ4v) is 2.48. The number of nitrogens with two attached hydrogens (primary N) is 1. The molecule has 0 bridgehead atoms. The van der Waals surface area contributed by atoms with Crippen molar-refractivity contribution < 1.29 is 17.9 Å². The second-order valence-electron chi connectivity index (χ2n) is 4.69. The molecule has 0 unspecified atom stereocenters. The van der Waals surface area contributed by atoms with E-state index in [4.69, 9.17) is 5.73 Å². The highest BCUT2D eigenvalue weighted by molar-refractivity contribution is 5.29. The maximum atomic E-state index is 12.0. The van der Waals surface area contributed by atoms with Crippen LogP contribution in [-0.4, -0.2) is 6.36 Å². The molecule has 0 spiro atoms. The van der Waals surface area contributed by atoms with Crippen LogP contribution in [0.4, 0.5) is 13.2 Å². The molecule has 1 aliphatic rings. The Morgan fingerprint density at radius 2 is 1.67 bits per heavy atom. The van der Waals surface area contributed by atoms with Gasteiger partial charge in [0.15, 0.2) is 0 Å². The fourth-order valence-electron chi connectivity index (χ4n) is 2.48. The normalized spacial score (nSPS) is 18.9. The summed E-state index contributed by atoms with van der Waals surface area (Å²) in [7, 11) is 0. The van der Waals surface area contributed by atoms with Crippen LogP contribution in [0.2, 0.25) is 0 Å². The van der Waals surface area contributed by atoms with Crippen LogP contribution in [0.1, 0.15) is 37.3 Å². The number of ether oxygens (including phenoxy) is 1. The van der Waals surface area contributed by atoms with Crippen LogP contribution in [0.15, 0.2) is 24.3 Å². The highest BCUT2D eigenvalue weighted by atomic mass is 19.4. The first kappa shape index (κ1) is 13.2. The Bertz CT molecular complexity index is 382. The van der Waals surface area contributed by atoms with Crippen LogP contribution in [0.3, 0.4) is 0 Å². The first-order valence-electron chi connectivity index (χ1n) is 6.07. The van der Waals surface area contributed by atoms with Gasteiger partial charge in [-0.2, -0.15) is 0 Å². The zero-order chi connectivity index (χ0) is 13.2. The SMILES string of the molecule is N[C@H](c1ccc(OC(F)(F)F)cc1)C1CCCC1. The molecule has 0 aliphatic heterocycles. The van der Waals surface area contributed by atoms with Crippen molar-refractivity contribution in [1.29, 1.82) is 0 Å². The van der Waals surface area contributed by atoms with Crippen LogP contribution in [0.5, 0.6) is 5.75 Å². The van der Waals surface area contributed by atoms with Gasteiger partial charge in [-0.3, -0.25) is 0 Å². The van der Waals surface area contributed by atoms with Crippen molar-refractivity contribution >= 4 is 0 Å². The smallest absolute Gasteiger partial charge is 0.406 e. The lowest BCUT2D eigenvalue weighted by Crippen LogP contribution is -2.19. The van der Waals surface area contributed by atoms with Crippen LogP contribution < -0.4 is 10.5 Å². The summed E-state index contributed by atoms with van der Waals surface area (Å²) in [6.45, 7) is 0. The summed E-state index contributed by atoms with van der Waals surface area (Å²) < 4.78 is 39.8. The number of alkyl halides is 3. The van der Waals surface area contributed by atoms with Crippen LogP contribution in [0, 0.1) is 5.92 Å². The highest BCUT2D eigenvalue weighted by Crippen LogP contribution is 2.34. The van der Waals surface area contributed by atoms with Crippen molar-refractivity contribution in [1.82, 2.24) is 0 Å². The number of hydrogen-bond donors (Lipinski definition) is 1. The number of rotatable bonds is 3. The average Bonchev–Trinajstić information content (AvgIpc) is 2.80. The Balaban J connectivity index is 2.02. The van der Waals surface area contributed by atoms with E-state index < -0.39 is 6.36 Å². The zero-order valence-corrected chi connectivity index (χ0v) is 9.91. The Kier molecular flexibility index (Phi) is 3.80. The monoisotopic (exact) mass is 259 g/mol. The molecule has 1 saturated carbocycles. The molecule has 1 aromatic carbocycles. The van der Waals surface area contributed by atoms with Gasteiger partial charge in [-0.15, -0.1) is 13.2 Å². The molecule has 18 heavy (non-hydrogen) atoms. The third kappa shape index (κ3) is 3.38. The van der Waals surface area contributed by atoms with Crippen molar-refractivity contribution in [3.05, 3.63) is 29.8 Å². The van der Waals surface area contributed by atoms with Gasteiger partial charge in [0.2, 0.25) is 0 Å². The van der Waals surface area contributed by atoms with Gasteiger partial charge in [0.1, 0.15) is 5.75 Å². The van der Waals surface area contributed by atoms with Crippen molar-refractivity contribution in [2.24, 2.45) is 11.7 Å². The number of benzene rings is 1. The average molecular weight is 259 g/mol. The fraction of sp³-hybridized carbons (Fsp3) is 0.538. The van der Waals surface area contributed by atoms with Crippen molar-refractivity contribution in [3.63, 3.8) is 0 Å². The van der Waals surface area contributed by atoms with E-state index in [0.717, 1.165) is 18.4 Å². The van der Waals surface area contributed by atoms with Crippen LogP contribution in [-0.2, 0) is 0 Å². The van der Waals surface area contributed by atoms with Crippen LogP contribution >= 0.6 is 0 Å². The van der Waals surface area contributed by atoms with Crippen molar-refractivity contribution in [3.8, 4) is 5.75 Å². The molecule has 0 amide bonds. The minimum Gasteiger partial charge on any atom is -0.406 e. The summed E-state index contributed by atoms with van der Waals surface area (Å²) in [6, 6.07) is 5.77. The Labute approximate surface area is 104 Å². The van der Waals surface area contributed by atoms with E-state index in [1.165, 1.54) is 25.0 Å². The molecule has 0 aromatic heterocycles. The Morgan fingerprint density at radius 1 is 1.11 bits per heavy atom. The number of halogens is 3. The summed E-state index contributed by atoms with van der Waals surface area (Å²) >= 11 is 0. The second-order valence-corrected chi connectivity index (χ2v) is 4.69. The van der Waals surface area contributed by atoms with Gasteiger partial charge in [-0.25, -0.2) is 0 Å². The van der Waals surface area contributed by atoms with Crippen molar-refractivity contribution in [2.45, 2.75) is 38.1 Å².